The van der Waals surface area contributed by atoms with E-state index in [9.17, 15) is 0 Å². The maximum atomic E-state index is 2.47. The predicted molar refractivity (Wildman–Crippen MR) is 321 cm³/mol. The van der Waals surface area contributed by atoms with Gasteiger partial charge in [0.15, 0.2) is 0 Å². The SMILES string of the molecule is c1ccc(-c2ccc(-c3ccc(N(c4cccc(-c5ccc6c(c5)c(-c5ccccc5)c(-c5ccccc5)c5ccccc56)c4)c4ccc5c(c4)C(c4ccccc4)(c4ccccc4)c4ccccc4-5)cc3)cc2)cc1. The number of anilines is 3. The average Bonchev–Trinajstić information content (AvgIpc) is 3.99. The van der Waals surface area contributed by atoms with Gasteiger partial charge in [-0.05, 0) is 153 Å². The van der Waals surface area contributed by atoms with Gasteiger partial charge in [-0.15, -0.1) is 0 Å². The molecular formula is C75H51N. The minimum atomic E-state index is -0.544. The first-order valence-corrected chi connectivity index (χ1v) is 26.3. The molecule has 0 fully saturated rings. The molecule has 0 heterocycles. The molecule has 0 atom stereocenters. The lowest BCUT2D eigenvalue weighted by Crippen LogP contribution is -2.28. The molecule has 0 saturated heterocycles. The van der Waals surface area contributed by atoms with Crippen molar-refractivity contribution in [1.29, 1.82) is 0 Å². The zero-order chi connectivity index (χ0) is 50.4. The molecule has 1 heteroatoms. The largest absolute Gasteiger partial charge is 0.310 e. The lowest BCUT2D eigenvalue weighted by Gasteiger charge is -2.35. The van der Waals surface area contributed by atoms with Crippen LogP contribution in [-0.2, 0) is 5.41 Å². The van der Waals surface area contributed by atoms with Gasteiger partial charge in [-0.25, -0.2) is 0 Å². The second-order valence-electron chi connectivity index (χ2n) is 19.9. The Morgan fingerprint density at radius 3 is 1.24 bits per heavy atom. The van der Waals surface area contributed by atoms with Gasteiger partial charge in [-0.1, -0.05) is 267 Å². The summed E-state index contributed by atoms with van der Waals surface area (Å²) in [6.45, 7) is 0. The lowest BCUT2D eigenvalue weighted by atomic mass is 9.67. The van der Waals surface area contributed by atoms with E-state index in [4.69, 9.17) is 0 Å². The fraction of sp³-hybridized carbons (Fsp3) is 0.0133. The fourth-order valence-electron chi connectivity index (χ4n) is 12.3. The van der Waals surface area contributed by atoms with Gasteiger partial charge in [0.1, 0.15) is 0 Å². The smallest absolute Gasteiger partial charge is 0.0714 e. The molecule has 13 aromatic carbocycles. The average molecular weight is 966 g/mol. The van der Waals surface area contributed by atoms with Crippen LogP contribution in [0.4, 0.5) is 17.1 Å². The van der Waals surface area contributed by atoms with Gasteiger partial charge in [0.05, 0.1) is 5.41 Å². The van der Waals surface area contributed by atoms with E-state index in [1.165, 1.54) is 99.4 Å². The highest BCUT2D eigenvalue weighted by atomic mass is 15.1. The Labute approximate surface area is 444 Å². The van der Waals surface area contributed by atoms with Crippen molar-refractivity contribution in [3.8, 4) is 66.8 Å². The van der Waals surface area contributed by atoms with Gasteiger partial charge >= 0.3 is 0 Å². The second-order valence-corrected chi connectivity index (χ2v) is 19.9. The van der Waals surface area contributed by atoms with Crippen molar-refractivity contribution in [1.82, 2.24) is 0 Å². The molecule has 0 aliphatic heterocycles. The highest BCUT2D eigenvalue weighted by Crippen LogP contribution is 2.57. The molecule has 0 bridgehead atoms. The summed E-state index contributed by atoms with van der Waals surface area (Å²) >= 11 is 0. The summed E-state index contributed by atoms with van der Waals surface area (Å²) in [6, 6.07) is 114. The highest BCUT2D eigenvalue weighted by Gasteiger charge is 2.46. The Morgan fingerprint density at radius 1 is 0.211 bits per heavy atom. The van der Waals surface area contributed by atoms with E-state index < -0.39 is 5.41 Å². The number of hydrogen-bond acceptors (Lipinski definition) is 1. The summed E-state index contributed by atoms with van der Waals surface area (Å²) in [6.07, 6.45) is 0. The van der Waals surface area contributed by atoms with Crippen molar-refractivity contribution >= 4 is 38.6 Å². The van der Waals surface area contributed by atoms with Crippen molar-refractivity contribution in [2.75, 3.05) is 4.90 Å². The summed E-state index contributed by atoms with van der Waals surface area (Å²) in [5.41, 5.74) is 22.2. The summed E-state index contributed by atoms with van der Waals surface area (Å²) < 4.78 is 0. The van der Waals surface area contributed by atoms with E-state index in [1.807, 2.05) is 0 Å². The normalized spacial score (nSPS) is 12.3. The molecule has 0 aromatic heterocycles. The Kier molecular flexibility index (Phi) is 11.2. The summed E-state index contributed by atoms with van der Waals surface area (Å²) in [7, 11) is 0. The van der Waals surface area contributed by atoms with Gasteiger partial charge in [0.25, 0.3) is 0 Å². The third-order valence-electron chi connectivity index (χ3n) is 15.7. The third-order valence-corrected chi connectivity index (χ3v) is 15.7. The molecule has 0 saturated carbocycles. The van der Waals surface area contributed by atoms with E-state index in [1.54, 1.807) is 0 Å². The molecule has 1 aliphatic rings. The van der Waals surface area contributed by atoms with Crippen LogP contribution >= 0.6 is 0 Å². The maximum absolute atomic E-state index is 2.47. The Hall–Kier alpha value is -9.82. The van der Waals surface area contributed by atoms with Crippen LogP contribution in [0.5, 0.6) is 0 Å². The number of fused-ring (bicyclic) bond motifs is 6. The van der Waals surface area contributed by atoms with Gasteiger partial charge in [0, 0.05) is 17.1 Å². The van der Waals surface area contributed by atoms with Crippen molar-refractivity contribution in [3.05, 3.63) is 332 Å². The summed E-state index contributed by atoms with van der Waals surface area (Å²) in [5, 5.41) is 4.97. The van der Waals surface area contributed by atoms with E-state index in [0.29, 0.717) is 0 Å². The van der Waals surface area contributed by atoms with Crippen molar-refractivity contribution in [2.24, 2.45) is 0 Å². The van der Waals surface area contributed by atoms with Crippen LogP contribution in [0.3, 0.4) is 0 Å². The first-order valence-electron chi connectivity index (χ1n) is 26.3. The number of benzene rings is 13. The minimum Gasteiger partial charge on any atom is -0.310 e. The molecule has 0 amide bonds. The Bertz CT molecular complexity index is 4180. The van der Waals surface area contributed by atoms with Crippen LogP contribution in [0.25, 0.3) is 88.3 Å². The minimum absolute atomic E-state index is 0.544. The van der Waals surface area contributed by atoms with Crippen molar-refractivity contribution in [3.63, 3.8) is 0 Å². The molecule has 0 N–H and O–H groups in total. The van der Waals surface area contributed by atoms with Crippen molar-refractivity contribution < 1.29 is 0 Å². The molecule has 356 valence electrons. The number of hydrogen-bond donors (Lipinski definition) is 0. The number of rotatable bonds is 10. The standard InChI is InChI=1S/C75H51N/c1-6-21-52(22-7-1)53-37-39-54(40-38-53)55-41-44-62(45-42-55)76(64-46-48-68-67-34-18-19-36-71(67)75(72(68)51-64,60-28-12-4-13-29-60)61-30-14-5-15-31-61)63-32-20-27-58(49-63)59-43-47-66-65-33-16-17-35-69(65)73(56-23-8-2-9-24-56)74(70(66)50-59)57-25-10-3-11-26-57/h1-51H. The van der Waals surface area contributed by atoms with Crippen LogP contribution in [-0.4, -0.2) is 0 Å². The van der Waals surface area contributed by atoms with Crippen molar-refractivity contribution in [2.45, 2.75) is 5.41 Å². The maximum Gasteiger partial charge on any atom is 0.0714 e. The molecule has 0 unspecified atom stereocenters. The first kappa shape index (κ1) is 44.8. The van der Waals surface area contributed by atoms with E-state index in [2.05, 4.69) is 314 Å². The van der Waals surface area contributed by atoms with Gasteiger partial charge < -0.3 is 4.90 Å². The van der Waals surface area contributed by atoms with Gasteiger partial charge in [0.2, 0.25) is 0 Å². The zero-order valence-corrected chi connectivity index (χ0v) is 41.9. The van der Waals surface area contributed by atoms with Gasteiger partial charge in [-0.2, -0.15) is 0 Å². The molecule has 1 nitrogen and oxygen atoms in total. The second kappa shape index (κ2) is 18.9. The molecule has 0 radical (unpaired) electrons. The molecule has 13 aromatic rings. The lowest BCUT2D eigenvalue weighted by molar-refractivity contribution is 0.768. The topological polar surface area (TPSA) is 3.24 Å². The van der Waals surface area contributed by atoms with E-state index in [0.717, 1.165) is 28.2 Å². The highest BCUT2D eigenvalue weighted by molar-refractivity contribution is 6.22. The predicted octanol–water partition coefficient (Wildman–Crippen LogP) is 20.2. The van der Waals surface area contributed by atoms with E-state index in [-0.39, 0.29) is 0 Å². The van der Waals surface area contributed by atoms with Crippen LogP contribution < -0.4 is 4.90 Å². The van der Waals surface area contributed by atoms with Crippen LogP contribution in [0.15, 0.2) is 309 Å². The van der Waals surface area contributed by atoms with Crippen LogP contribution in [0, 0.1) is 0 Å². The molecule has 1 aliphatic carbocycles. The Balaban J connectivity index is 0.958. The fourth-order valence-corrected chi connectivity index (χ4v) is 12.3. The molecule has 76 heavy (non-hydrogen) atoms. The third kappa shape index (κ3) is 7.55. The molecular weight excluding hydrogens is 915 g/mol. The molecule has 14 rings (SSSR count). The number of nitrogens with zero attached hydrogens (tertiary/aromatic N) is 1. The van der Waals surface area contributed by atoms with Crippen LogP contribution in [0.2, 0.25) is 0 Å². The van der Waals surface area contributed by atoms with E-state index >= 15 is 0 Å². The quantitative estimate of drug-likeness (QED) is 0.123. The first-order chi connectivity index (χ1) is 37.7. The Morgan fingerprint density at radius 2 is 0.618 bits per heavy atom. The van der Waals surface area contributed by atoms with Crippen LogP contribution in [0.1, 0.15) is 22.3 Å². The van der Waals surface area contributed by atoms with Gasteiger partial charge in [-0.3, -0.25) is 0 Å². The zero-order valence-electron chi connectivity index (χ0n) is 41.9. The molecule has 0 spiro atoms. The summed E-state index contributed by atoms with van der Waals surface area (Å²) in [4.78, 5) is 2.45. The monoisotopic (exact) mass is 965 g/mol. The summed E-state index contributed by atoms with van der Waals surface area (Å²) in [5.74, 6) is 0.